The van der Waals surface area contributed by atoms with E-state index in [-0.39, 0.29) is 24.9 Å². The van der Waals surface area contributed by atoms with Crippen LogP contribution in [-0.2, 0) is 9.59 Å². The Hall–Kier alpha value is -0.810. The number of aliphatic carboxylic acids is 1. The molecule has 1 amide bonds. The van der Waals surface area contributed by atoms with Crippen LogP contribution in [-0.4, -0.2) is 59.5 Å². The van der Waals surface area contributed by atoms with Crippen LogP contribution >= 0.6 is 12.4 Å². The van der Waals surface area contributed by atoms with Crippen molar-refractivity contribution in [2.45, 2.75) is 51.1 Å². The topological polar surface area (TPSA) is 60.9 Å². The van der Waals surface area contributed by atoms with E-state index in [4.69, 9.17) is 5.11 Å². The SMILES string of the molecule is CC(C(=O)O)N(C)CC(=O)N(C)C1CCCCC1.Cl. The predicted molar refractivity (Wildman–Crippen MR) is 76.6 cm³/mol. The van der Waals surface area contributed by atoms with Gasteiger partial charge in [0.15, 0.2) is 0 Å². The second-order valence-corrected chi connectivity index (χ2v) is 5.23. The fourth-order valence-corrected chi connectivity index (χ4v) is 2.32. The van der Waals surface area contributed by atoms with Gasteiger partial charge in [-0.05, 0) is 26.8 Å². The standard InChI is InChI=1S/C13H24N2O3.ClH/c1-10(13(17)18)14(2)9-12(16)15(3)11-7-5-4-6-8-11;/h10-11H,4-9H2,1-3H3,(H,17,18);1H. The lowest BCUT2D eigenvalue weighted by atomic mass is 9.94. The molecule has 0 heterocycles. The van der Waals surface area contributed by atoms with Crippen LogP contribution in [0.2, 0.25) is 0 Å². The highest BCUT2D eigenvalue weighted by Crippen LogP contribution is 2.21. The summed E-state index contributed by atoms with van der Waals surface area (Å²) in [6.07, 6.45) is 5.77. The number of hydrogen-bond donors (Lipinski definition) is 1. The number of amides is 1. The number of carbonyl (C=O) groups is 2. The van der Waals surface area contributed by atoms with Crippen LogP contribution < -0.4 is 0 Å². The van der Waals surface area contributed by atoms with Gasteiger partial charge < -0.3 is 10.0 Å². The van der Waals surface area contributed by atoms with Gasteiger partial charge in [0, 0.05) is 13.1 Å². The largest absolute Gasteiger partial charge is 0.480 e. The van der Waals surface area contributed by atoms with Gasteiger partial charge in [0.1, 0.15) is 6.04 Å². The molecule has 0 aromatic carbocycles. The Balaban J connectivity index is 0.00000324. The summed E-state index contributed by atoms with van der Waals surface area (Å²) in [4.78, 5) is 26.3. The van der Waals surface area contributed by atoms with Crippen molar-refractivity contribution in [1.29, 1.82) is 0 Å². The quantitative estimate of drug-likeness (QED) is 0.836. The van der Waals surface area contributed by atoms with E-state index in [0.29, 0.717) is 6.04 Å². The van der Waals surface area contributed by atoms with Gasteiger partial charge in [-0.1, -0.05) is 19.3 Å². The number of rotatable bonds is 5. The lowest BCUT2D eigenvalue weighted by Crippen LogP contribution is -2.46. The first kappa shape index (κ1) is 18.2. The predicted octanol–water partition coefficient (Wildman–Crippen LogP) is 1.60. The molecule has 112 valence electrons. The summed E-state index contributed by atoms with van der Waals surface area (Å²) < 4.78 is 0. The second-order valence-electron chi connectivity index (χ2n) is 5.23. The van der Waals surface area contributed by atoms with Gasteiger partial charge >= 0.3 is 5.97 Å². The Morgan fingerprint density at radius 3 is 2.21 bits per heavy atom. The van der Waals surface area contributed by atoms with Crippen LogP contribution in [0.15, 0.2) is 0 Å². The van der Waals surface area contributed by atoms with E-state index in [9.17, 15) is 9.59 Å². The molecule has 1 aliphatic rings. The maximum atomic E-state index is 12.1. The summed E-state index contributed by atoms with van der Waals surface area (Å²) in [5, 5.41) is 8.89. The van der Waals surface area contributed by atoms with Gasteiger partial charge in [-0.2, -0.15) is 0 Å². The molecule has 5 nitrogen and oxygen atoms in total. The third-order valence-electron chi connectivity index (χ3n) is 3.92. The number of halogens is 1. The molecule has 6 heteroatoms. The summed E-state index contributed by atoms with van der Waals surface area (Å²) in [5.41, 5.74) is 0. The molecule has 0 bridgehead atoms. The molecule has 1 fully saturated rings. The monoisotopic (exact) mass is 292 g/mol. The molecule has 1 N–H and O–H groups in total. The van der Waals surface area contributed by atoms with Crippen LogP contribution in [0, 0.1) is 0 Å². The van der Waals surface area contributed by atoms with Gasteiger partial charge in [-0.15, -0.1) is 12.4 Å². The van der Waals surface area contributed by atoms with Crippen molar-refractivity contribution in [1.82, 2.24) is 9.80 Å². The van der Waals surface area contributed by atoms with Crippen LogP contribution in [0.4, 0.5) is 0 Å². The van der Waals surface area contributed by atoms with E-state index in [1.807, 2.05) is 7.05 Å². The van der Waals surface area contributed by atoms with Gasteiger partial charge in [-0.25, -0.2) is 0 Å². The van der Waals surface area contributed by atoms with E-state index in [1.165, 1.54) is 19.3 Å². The Labute approximate surface area is 121 Å². The minimum Gasteiger partial charge on any atom is -0.480 e. The molecule has 0 spiro atoms. The Bertz CT molecular complexity index is 306. The van der Waals surface area contributed by atoms with E-state index >= 15 is 0 Å². The number of likely N-dealkylation sites (N-methyl/N-ethyl adjacent to an activating group) is 2. The molecule has 19 heavy (non-hydrogen) atoms. The van der Waals surface area contributed by atoms with Crippen LogP contribution in [0.25, 0.3) is 0 Å². The first-order valence-electron chi connectivity index (χ1n) is 6.62. The van der Waals surface area contributed by atoms with Gasteiger partial charge in [0.2, 0.25) is 5.91 Å². The minimum absolute atomic E-state index is 0. The second kappa shape index (κ2) is 8.38. The van der Waals surface area contributed by atoms with Crippen molar-refractivity contribution in [3.8, 4) is 0 Å². The summed E-state index contributed by atoms with van der Waals surface area (Å²) in [6.45, 7) is 1.76. The molecule has 1 saturated carbocycles. The van der Waals surface area contributed by atoms with Crippen molar-refractivity contribution in [3.63, 3.8) is 0 Å². The van der Waals surface area contributed by atoms with Crippen molar-refractivity contribution < 1.29 is 14.7 Å². The third-order valence-corrected chi connectivity index (χ3v) is 3.92. The van der Waals surface area contributed by atoms with Crippen LogP contribution in [0.5, 0.6) is 0 Å². The lowest BCUT2D eigenvalue weighted by molar-refractivity contribution is -0.143. The maximum Gasteiger partial charge on any atom is 0.320 e. The number of nitrogens with zero attached hydrogens (tertiary/aromatic N) is 2. The van der Waals surface area contributed by atoms with Crippen LogP contribution in [0.1, 0.15) is 39.0 Å². The molecule has 1 rings (SSSR count). The molecule has 1 unspecified atom stereocenters. The average Bonchev–Trinajstić information content (AvgIpc) is 2.37. The number of carboxylic acid groups (broad SMARTS) is 1. The van der Waals surface area contributed by atoms with E-state index in [2.05, 4.69) is 0 Å². The Morgan fingerprint density at radius 1 is 1.21 bits per heavy atom. The van der Waals surface area contributed by atoms with Crippen LogP contribution in [0.3, 0.4) is 0 Å². The molecule has 1 aliphatic carbocycles. The van der Waals surface area contributed by atoms with Gasteiger partial charge in [0.05, 0.1) is 6.54 Å². The lowest BCUT2D eigenvalue weighted by Gasteiger charge is -2.33. The number of carboxylic acids is 1. The molecule has 0 aromatic heterocycles. The number of carbonyl (C=O) groups excluding carboxylic acids is 1. The van der Waals surface area contributed by atoms with Crippen molar-refractivity contribution in [2.75, 3.05) is 20.6 Å². The smallest absolute Gasteiger partial charge is 0.320 e. The van der Waals surface area contributed by atoms with E-state index in [0.717, 1.165) is 12.8 Å². The van der Waals surface area contributed by atoms with Crippen molar-refractivity contribution in [3.05, 3.63) is 0 Å². The molecular formula is C13H25ClN2O3. The zero-order valence-electron chi connectivity index (χ0n) is 12.0. The first-order chi connectivity index (χ1) is 8.43. The molecular weight excluding hydrogens is 268 g/mol. The molecule has 0 saturated heterocycles. The molecule has 0 radical (unpaired) electrons. The van der Waals surface area contributed by atoms with Crippen molar-refractivity contribution in [2.24, 2.45) is 0 Å². The Morgan fingerprint density at radius 2 is 1.74 bits per heavy atom. The molecule has 0 aliphatic heterocycles. The fraction of sp³-hybridized carbons (Fsp3) is 0.846. The number of hydrogen-bond acceptors (Lipinski definition) is 3. The van der Waals surface area contributed by atoms with Gasteiger partial charge in [0.25, 0.3) is 0 Å². The average molecular weight is 293 g/mol. The maximum absolute atomic E-state index is 12.1. The summed E-state index contributed by atoms with van der Waals surface area (Å²) in [5.74, 6) is -0.886. The summed E-state index contributed by atoms with van der Waals surface area (Å²) in [6, 6.07) is -0.298. The van der Waals surface area contributed by atoms with Gasteiger partial charge in [-0.3, -0.25) is 14.5 Å². The minimum atomic E-state index is -0.898. The Kier molecular flexibility index (Phi) is 8.02. The third kappa shape index (κ3) is 5.37. The summed E-state index contributed by atoms with van der Waals surface area (Å²) >= 11 is 0. The van der Waals surface area contributed by atoms with E-state index in [1.54, 1.807) is 23.8 Å². The highest BCUT2D eigenvalue weighted by molar-refractivity contribution is 5.85. The normalized spacial score (nSPS) is 17.7. The van der Waals surface area contributed by atoms with Crippen molar-refractivity contribution >= 4 is 24.3 Å². The zero-order valence-corrected chi connectivity index (χ0v) is 12.8. The summed E-state index contributed by atoms with van der Waals surface area (Å²) in [7, 11) is 3.50. The molecule has 1 atom stereocenters. The highest BCUT2D eigenvalue weighted by atomic mass is 35.5. The zero-order chi connectivity index (χ0) is 13.7. The van der Waals surface area contributed by atoms with E-state index < -0.39 is 12.0 Å². The fourth-order valence-electron chi connectivity index (χ4n) is 2.32. The molecule has 0 aromatic rings. The highest BCUT2D eigenvalue weighted by Gasteiger charge is 2.25. The first-order valence-corrected chi connectivity index (χ1v) is 6.62.